The quantitative estimate of drug-likeness (QED) is 0.695. The summed E-state index contributed by atoms with van der Waals surface area (Å²) in [5.74, 6) is -2.41. The summed E-state index contributed by atoms with van der Waals surface area (Å²) < 4.78 is 12.9. The molecule has 0 heterocycles. The number of rotatable bonds is 3. The largest absolute Gasteiger partial charge is 0.505 e. The molecule has 0 amide bonds. The first-order valence-corrected chi connectivity index (χ1v) is 4.32. The first-order chi connectivity index (χ1) is 6.83. The fourth-order valence-electron chi connectivity index (χ4n) is 1.16. The van der Waals surface area contributed by atoms with Crippen molar-refractivity contribution in [3.05, 3.63) is 29.6 Å². The molecule has 0 aromatic heterocycles. The van der Waals surface area contributed by atoms with Gasteiger partial charge in [0.1, 0.15) is 5.54 Å². The maximum absolute atomic E-state index is 12.9. The lowest BCUT2D eigenvalue weighted by molar-refractivity contribution is -0.142. The number of phenolic OH excluding ortho intramolecular Hbond substituents is 1. The van der Waals surface area contributed by atoms with Gasteiger partial charge in [-0.05, 0) is 24.6 Å². The van der Waals surface area contributed by atoms with Gasteiger partial charge >= 0.3 is 5.97 Å². The van der Waals surface area contributed by atoms with E-state index in [0.717, 1.165) is 6.07 Å². The smallest absolute Gasteiger partial charge is 0.323 e. The Morgan fingerprint density at radius 3 is 2.67 bits per heavy atom. The fraction of sp³-hybridized carbons (Fsp3) is 0.300. The van der Waals surface area contributed by atoms with Gasteiger partial charge in [-0.25, -0.2) is 4.39 Å². The van der Waals surface area contributed by atoms with Crippen molar-refractivity contribution in [3.63, 3.8) is 0 Å². The monoisotopic (exact) mass is 213 g/mol. The molecular formula is C10H12FNO3. The summed E-state index contributed by atoms with van der Waals surface area (Å²) in [5.41, 5.74) is 4.48. The molecule has 1 aromatic rings. The van der Waals surface area contributed by atoms with Gasteiger partial charge in [0.2, 0.25) is 0 Å². The van der Waals surface area contributed by atoms with Gasteiger partial charge in [-0.3, -0.25) is 4.79 Å². The molecule has 0 fully saturated rings. The lowest BCUT2D eigenvalue weighted by Gasteiger charge is -2.18. The summed E-state index contributed by atoms with van der Waals surface area (Å²) in [5, 5.41) is 17.7. The number of hydrogen-bond acceptors (Lipinski definition) is 3. The van der Waals surface area contributed by atoms with Crippen LogP contribution in [0.1, 0.15) is 12.5 Å². The topological polar surface area (TPSA) is 83.5 Å². The maximum Gasteiger partial charge on any atom is 0.323 e. The fourth-order valence-corrected chi connectivity index (χ4v) is 1.16. The molecule has 0 aliphatic rings. The zero-order valence-corrected chi connectivity index (χ0v) is 8.20. The number of hydrogen-bond donors (Lipinski definition) is 3. The van der Waals surface area contributed by atoms with E-state index >= 15 is 0 Å². The van der Waals surface area contributed by atoms with Crippen LogP contribution >= 0.6 is 0 Å². The van der Waals surface area contributed by atoms with E-state index in [1.165, 1.54) is 19.1 Å². The minimum Gasteiger partial charge on any atom is -0.505 e. The van der Waals surface area contributed by atoms with Crippen molar-refractivity contribution in [2.24, 2.45) is 5.73 Å². The van der Waals surface area contributed by atoms with Crippen LogP contribution in [0.15, 0.2) is 18.2 Å². The van der Waals surface area contributed by atoms with Crippen LogP contribution < -0.4 is 5.73 Å². The molecule has 0 radical (unpaired) electrons. The van der Waals surface area contributed by atoms with Crippen LogP contribution in [0, 0.1) is 5.82 Å². The third-order valence-corrected chi connectivity index (χ3v) is 2.07. The Morgan fingerprint density at radius 2 is 2.20 bits per heavy atom. The molecule has 0 aliphatic carbocycles. The Morgan fingerprint density at radius 1 is 1.60 bits per heavy atom. The van der Waals surface area contributed by atoms with Gasteiger partial charge in [-0.1, -0.05) is 6.07 Å². The van der Waals surface area contributed by atoms with E-state index in [4.69, 9.17) is 15.9 Å². The van der Waals surface area contributed by atoms with Crippen molar-refractivity contribution in [1.82, 2.24) is 0 Å². The molecular weight excluding hydrogens is 201 g/mol. The second-order valence-corrected chi connectivity index (χ2v) is 3.69. The van der Waals surface area contributed by atoms with Crippen LogP contribution in [0.25, 0.3) is 0 Å². The highest BCUT2D eigenvalue weighted by Gasteiger charge is 2.28. The average Bonchev–Trinajstić information content (AvgIpc) is 2.10. The number of phenols is 1. The van der Waals surface area contributed by atoms with Gasteiger partial charge in [-0.15, -0.1) is 0 Å². The Balaban J connectivity index is 2.91. The molecule has 0 unspecified atom stereocenters. The number of halogens is 1. The van der Waals surface area contributed by atoms with Crippen LogP contribution in [0.5, 0.6) is 5.75 Å². The van der Waals surface area contributed by atoms with E-state index in [2.05, 4.69) is 0 Å². The van der Waals surface area contributed by atoms with E-state index in [-0.39, 0.29) is 6.42 Å². The Hall–Kier alpha value is -1.62. The molecule has 1 aromatic carbocycles. The lowest BCUT2D eigenvalue weighted by Crippen LogP contribution is -2.46. The number of aliphatic carboxylic acids is 1. The van der Waals surface area contributed by atoms with Crippen molar-refractivity contribution in [3.8, 4) is 5.75 Å². The summed E-state index contributed by atoms with van der Waals surface area (Å²) in [6, 6.07) is 3.68. The van der Waals surface area contributed by atoms with Crippen molar-refractivity contribution < 1.29 is 19.4 Å². The second kappa shape index (κ2) is 3.86. The molecule has 0 spiro atoms. The number of carboxylic acid groups (broad SMARTS) is 1. The Bertz CT molecular complexity index is 390. The summed E-state index contributed by atoms with van der Waals surface area (Å²) in [6.07, 6.45) is -0.000463. The van der Waals surface area contributed by atoms with Crippen LogP contribution in [-0.4, -0.2) is 21.7 Å². The van der Waals surface area contributed by atoms with Crippen molar-refractivity contribution in [2.45, 2.75) is 18.9 Å². The molecule has 1 rings (SSSR count). The van der Waals surface area contributed by atoms with E-state index in [9.17, 15) is 9.18 Å². The third kappa shape index (κ3) is 2.66. The molecule has 0 bridgehead atoms. The highest BCUT2D eigenvalue weighted by Crippen LogP contribution is 2.19. The van der Waals surface area contributed by atoms with Crippen molar-refractivity contribution in [2.75, 3.05) is 0 Å². The van der Waals surface area contributed by atoms with Crippen molar-refractivity contribution >= 4 is 5.97 Å². The molecule has 82 valence electrons. The summed E-state index contributed by atoms with van der Waals surface area (Å²) in [6.45, 7) is 1.35. The zero-order valence-electron chi connectivity index (χ0n) is 8.20. The number of benzene rings is 1. The van der Waals surface area contributed by atoms with Gasteiger partial charge in [0, 0.05) is 6.42 Å². The van der Waals surface area contributed by atoms with Crippen LogP contribution in [-0.2, 0) is 11.2 Å². The summed E-state index contributed by atoms with van der Waals surface area (Å²) >= 11 is 0. The second-order valence-electron chi connectivity index (χ2n) is 3.69. The number of carbonyl (C=O) groups is 1. The number of aromatic hydroxyl groups is 1. The van der Waals surface area contributed by atoms with E-state index in [0.29, 0.717) is 5.56 Å². The molecule has 4 nitrogen and oxygen atoms in total. The molecule has 0 saturated carbocycles. The standard InChI is InChI=1S/C10H12FNO3/c1-10(12,9(14)15)5-6-2-3-8(13)7(11)4-6/h2-4,13H,5,12H2,1H3,(H,14,15)/t10-/m1/s1. The van der Waals surface area contributed by atoms with Crippen LogP contribution in [0.3, 0.4) is 0 Å². The molecule has 4 N–H and O–H groups in total. The highest BCUT2D eigenvalue weighted by molar-refractivity contribution is 5.78. The first kappa shape index (κ1) is 11.5. The molecule has 5 heteroatoms. The predicted octanol–water partition coefficient (Wildman–Crippen LogP) is 0.876. The lowest BCUT2D eigenvalue weighted by atomic mass is 9.94. The third-order valence-electron chi connectivity index (χ3n) is 2.07. The molecule has 0 saturated heterocycles. The van der Waals surface area contributed by atoms with Gasteiger partial charge in [-0.2, -0.15) is 0 Å². The molecule has 0 aliphatic heterocycles. The zero-order chi connectivity index (χ0) is 11.6. The highest BCUT2D eigenvalue weighted by atomic mass is 19.1. The Labute approximate surface area is 86.1 Å². The predicted molar refractivity (Wildman–Crippen MR) is 52.0 cm³/mol. The SMILES string of the molecule is C[C@@](N)(Cc1ccc(O)c(F)c1)C(=O)O. The van der Waals surface area contributed by atoms with Gasteiger partial charge in [0.05, 0.1) is 0 Å². The van der Waals surface area contributed by atoms with Gasteiger partial charge < -0.3 is 15.9 Å². The Kier molecular flexibility index (Phi) is 2.95. The maximum atomic E-state index is 12.9. The van der Waals surface area contributed by atoms with E-state index in [1.807, 2.05) is 0 Å². The summed E-state index contributed by atoms with van der Waals surface area (Å²) in [7, 11) is 0. The normalized spacial score (nSPS) is 14.6. The van der Waals surface area contributed by atoms with Crippen molar-refractivity contribution in [1.29, 1.82) is 0 Å². The minimum absolute atomic E-state index is 0.000463. The number of carboxylic acids is 1. The minimum atomic E-state index is -1.44. The first-order valence-electron chi connectivity index (χ1n) is 4.32. The molecule has 15 heavy (non-hydrogen) atoms. The average molecular weight is 213 g/mol. The van der Waals surface area contributed by atoms with Gasteiger partial charge in [0.25, 0.3) is 0 Å². The van der Waals surface area contributed by atoms with Crippen LogP contribution in [0.4, 0.5) is 4.39 Å². The van der Waals surface area contributed by atoms with E-state index in [1.54, 1.807) is 0 Å². The summed E-state index contributed by atoms with van der Waals surface area (Å²) in [4.78, 5) is 10.7. The molecule has 1 atom stereocenters. The van der Waals surface area contributed by atoms with Gasteiger partial charge in [0.15, 0.2) is 11.6 Å². The number of nitrogens with two attached hydrogens (primary N) is 1. The van der Waals surface area contributed by atoms with Crippen LogP contribution in [0.2, 0.25) is 0 Å². The van der Waals surface area contributed by atoms with E-state index < -0.39 is 23.1 Å².